The Balaban J connectivity index is 1.02. The van der Waals surface area contributed by atoms with Crippen LogP contribution in [-0.2, 0) is 46.4 Å². The lowest BCUT2D eigenvalue weighted by molar-refractivity contribution is -0.142. The maximum atomic E-state index is 14.7. The second-order valence-corrected chi connectivity index (χ2v) is 23.4. The van der Waals surface area contributed by atoms with Crippen LogP contribution in [0.3, 0.4) is 0 Å². The van der Waals surface area contributed by atoms with Gasteiger partial charge in [-0.05, 0) is 88.7 Å². The summed E-state index contributed by atoms with van der Waals surface area (Å²) < 4.78 is 0.512. The van der Waals surface area contributed by atoms with Gasteiger partial charge in [0, 0.05) is 130 Å². The number of likely N-dealkylation sites (N-methyl/N-ethyl adjacent to an activating group) is 1. The highest BCUT2D eigenvalue weighted by Crippen LogP contribution is 2.24. The highest BCUT2D eigenvalue weighted by atomic mass is 127. The van der Waals surface area contributed by atoms with Gasteiger partial charge < -0.3 is 74.6 Å². The zero-order chi connectivity index (χ0) is 57.9. The lowest BCUT2D eigenvalue weighted by Crippen LogP contribution is -2.59. The molecule has 5 saturated heterocycles. The molecule has 0 aromatic heterocycles. The first kappa shape index (κ1) is 62.4. The zero-order valence-electron chi connectivity index (χ0n) is 46.7. The monoisotopic (exact) mass is 1230 g/mol. The molecule has 15 N–H and O–H groups in total. The summed E-state index contributed by atoms with van der Waals surface area (Å²) in [5.74, 6) is -3.93. The molecule has 0 spiro atoms. The van der Waals surface area contributed by atoms with Gasteiger partial charge in [-0.15, -0.1) is 0 Å². The Bertz CT molecular complexity index is 2690. The molecule has 25 heteroatoms. The van der Waals surface area contributed by atoms with E-state index >= 15 is 0 Å². The molecule has 0 radical (unpaired) electrons. The zero-order valence-corrected chi connectivity index (χ0v) is 48.8. The first-order valence-corrected chi connectivity index (χ1v) is 29.3. The standard InChI is InChI=1S/C56H83IN16O8/c1-55-31-60-20-21-61-34-56(35-72(24-22-62-32-55)73(36-56)25-23-63-33-55)70-48(76)13-5-12-47(75)64-18-7-11-45-52(80)68-42(10-6-19-65-54(58)59)51(79)69-43(28-37-14-16-39-8-3-4-9-40(39)26-37)50(78)66-30-49(77)67-44(53(81)71(45)2)29-38-15-17-46(74)41(57)27-38/h3-4,8-9,14-17,26-27,42-45,60-63,74H,5-7,10-13,18-25,28-36H2,1-2H3,(H,64,75)(H,66,78)(H,67,77)(H,68,80)(H,69,79)(H,70,76)(H4,58,59,65)/t42-,43-,44+,45+,55?,56?/m0/s1. The van der Waals surface area contributed by atoms with E-state index in [1.54, 1.807) is 12.1 Å². The quantitative estimate of drug-likeness (QED) is 0.0309. The molecular weight excluding hydrogens is 1150 g/mol. The molecular formula is C56H83IN16O8. The van der Waals surface area contributed by atoms with E-state index in [1.165, 1.54) is 18.0 Å². The maximum Gasteiger partial charge on any atom is 0.245 e. The summed E-state index contributed by atoms with van der Waals surface area (Å²) in [5.41, 5.74) is 12.1. The molecule has 8 rings (SSSR count). The smallest absolute Gasteiger partial charge is 0.245 e. The normalized spacial score (nSPS) is 26.5. The number of amides is 7. The SMILES string of the molecule is CN1C(=O)[C@@H](Cc2ccc(O)c(I)c2)NC(=O)CNC(=O)[C@H](Cc2ccc3ccccc3c2)NC(=O)[C@H](CCCN=C(N)N)NC(=O)[C@H]1CCCNC(=O)CCCC(=O)NC12CNCCNCC3(C)CNCCN(C1)N(CCNC3)C2. The minimum atomic E-state index is -1.24. The Hall–Kier alpha value is -6.23. The van der Waals surface area contributed by atoms with Gasteiger partial charge in [-0.3, -0.25) is 38.6 Å². The Morgan fingerprint density at radius 3 is 2.05 bits per heavy atom. The minimum absolute atomic E-state index is 0.0211. The van der Waals surface area contributed by atoms with Crippen molar-refractivity contribution in [2.45, 2.75) is 94.4 Å². The van der Waals surface area contributed by atoms with E-state index in [2.05, 4.69) is 75.1 Å². The van der Waals surface area contributed by atoms with Gasteiger partial charge >= 0.3 is 0 Å². The molecule has 0 aliphatic carbocycles. The number of fused-ring (bicyclic) bond motifs is 12. The third kappa shape index (κ3) is 18.9. The van der Waals surface area contributed by atoms with E-state index in [0.29, 0.717) is 35.2 Å². The number of nitrogens with zero attached hydrogens (tertiary/aromatic N) is 4. The van der Waals surface area contributed by atoms with Gasteiger partial charge in [0.1, 0.15) is 29.9 Å². The average Bonchev–Trinajstić information content (AvgIpc) is 3.86. The third-order valence-electron chi connectivity index (χ3n) is 15.3. The molecule has 2 unspecified atom stereocenters. The van der Waals surface area contributed by atoms with Gasteiger partial charge in [0.05, 0.1) is 15.7 Å². The molecule has 7 amide bonds. The number of halogens is 1. The van der Waals surface area contributed by atoms with E-state index < -0.39 is 65.8 Å². The van der Waals surface area contributed by atoms with E-state index in [-0.39, 0.29) is 93.4 Å². The Kier molecular flexibility index (Phi) is 23.2. The number of carbonyl (C=O) groups is 7. The number of aromatic hydroxyl groups is 1. The fourth-order valence-corrected chi connectivity index (χ4v) is 11.5. The van der Waals surface area contributed by atoms with Crippen LogP contribution in [0.25, 0.3) is 10.8 Å². The molecule has 81 heavy (non-hydrogen) atoms. The minimum Gasteiger partial charge on any atom is -0.507 e. The van der Waals surface area contributed by atoms with Crippen LogP contribution in [0.15, 0.2) is 65.7 Å². The van der Waals surface area contributed by atoms with Crippen molar-refractivity contribution in [3.8, 4) is 5.75 Å². The van der Waals surface area contributed by atoms with Crippen molar-refractivity contribution in [1.82, 2.24) is 68.1 Å². The number of hydrazine groups is 1. The van der Waals surface area contributed by atoms with Crippen molar-refractivity contribution < 1.29 is 38.7 Å². The maximum absolute atomic E-state index is 14.7. The molecule has 3 aromatic carbocycles. The molecule has 4 bridgehead atoms. The van der Waals surface area contributed by atoms with Crippen LogP contribution in [0, 0.1) is 8.99 Å². The van der Waals surface area contributed by atoms with Crippen molar-refractivity contribution in [2.24, 2.45) is 21.9 Å². The number of carbonyl (C=O) groups excluding carboxylic acids is 7. The first-order valence-electron chi connectivity index (χ1n) is 28.2. The second-order valence-electron chi connectivity index (χ2n) is 22.2. The fourth-order valence-electron chi connectivity index (χ4n) is 11.0. The number of aliphatic imine (C=N–C) groups is 1. The van der Waals surface area contributed by atoms with E-state index in [1.807, 2.05) is 65.1 Å². The van der Waals surface area contributed by atoms with Crippen molar-refractivity contribution >= 4 is 80.7 Å². The number of guanidine groups is 1. The van der Waals surface area contributed by atoms with Crippen LogP contribution in [-0.4, -0.2) is 202 Å². The molecule has 5 aliphatic rings. The molecule has 24 nitrogen and oxygen atoms in total. The van der Waals surface area contributed by atoms with Gasteiger partial charge in [-0.2, -0.15) is 0 Å². The number of nitrogens with one attached hydrogen (secondary N) is 10. The third-order valence-corrected chi connectivity index (χ3v) is 16.2. The number of rotatable bonds is 17. The summed E-state index contributed by atoms with van der Waals surface area (Å²) in [6, 6.07) is 13.3. The number of hydrogen-bond donors (Lipinski definition) is 13. The second kappa shape index (κ2) is 30.2. The van der Waals surface area contributed by atoms with Gasteiger partial charge in [0.2, 0.25) is 41.4 Å². The summed E-state index contributed by atoms with van der Waals surface area (Å²) in [6.45, 7) is 11.4. The van der Waals surface area contributed by atoms with Crippen molar-refractivity contribution in [1.29, 1.82) is 0 Å². The number of phenolic OH excluding ortho intramolecular Hbond substituents is 1. The van der Waals surface area contributed by atoms with Gasteiger partial charge in [-0.25, -0.2) is 10.0 Å². The van der Waals surface area contributed by atoms with Crippen molar-refractivity contribution in [2.75, 3.05) is 105 Å². The topological polar surface area (TPSA) is 334 Å². The number of nitrogens with two attached hydrogens (primary N) is 2. The summed E-state index contributed by atoms with van der Waals surface area (Å²) in [6.07, 6.45) is 1.05. The molecule has 5 fully saturated rings. The van der Waals surface area contributed by atoms with Crippen LogP contribution in [0.4, 0.5) is 0 Å². The Labute approximate surface area is 487 Å². The van der Waals surface area contributed by atoms with Crippen LogP contribution in [0.1, 0.15) is 63.0 Å². The van der Waals surface area contributed by atoms with Crippen molar-refractivity contribution in [3.05, 3.63) is 75.4 Å². The number of benzene rings is 3. The molecule has 0 saturated carbocycles. The summed E-state index contributed by atoms with van der Waals surface area (Å²) in [4.78, 5) is 104. The predicted octanol–water partition coefficient (Wildman–Crippen LogP) is -1.75. The number of phenols is 1. The van der Waals surface area contributed by atoms with Crippen LogP contribution in [0.5, 0.6) is 5.75 Å². The molecule has 442 valence electrons. The lowest BCUT2D eigenvalue weighted by atomic mass is 9.90. The van der Waals surface area contributed by atoms with Gasteiger partial charge in [0.25, 0.3) is 0 Å². The van der Waals surface area contributed by atoms with E-state index in [0.717, 1.165) is 75.2 Å². The van der Waals surface area contributed by atoms with Crippen molar-refractivity contribution in [3.63, 3.8) is 0 Å². The summed E-state index contributed by atoms with van der Waals surface area (Å²) in [5, 5.41) is 48.7. The largest absolute Gasteiger partial charge is 0.507 e. The van der Waals surface area contributed by atoms with E-state index in [4.69, 9.17) is 11.5 Å². The predicted molar refractivity (Wildman–Crippen MR) is 317 cm³/mol. The summed E-state index contributed by atoms with van der Waals surface area (Å²) in [7, 11) is 1.43. The van der Waals surface area contributed by atoms with Gasteiger partial charge in [-0.1, -0.05) is 55.5 Å². The molecule has 5 heterocycles. The highest BCUT2D eigenvalue weighted by Gasteiger charge is 2.44. The Morgan fingerprint density at radius 2 is 1.35 bits per heavy atom. The van der Waals surface area contributed by atoms with Crippen LogP contribution in [0.2, 0.25) is 0 Å². The van der Waals surface area contributed by atoms with E-state index in [9.17, 15) is 38.7 Å². The van der Waals surface area contributed by atoms with Crippen LogP contribution >= 0.6 is 22.6 Å². The van der Waals surface area contributed by atoms with Crippen LogP contribution < -0.4 is 64.6 Å². The lowest BCUT2D eigenvalue weighted by Gasteiger charge is -2.33. The Morgan fingerprint density at radius 1 is 0.716 bits per heavy atom. The average molecular weight is 1240 g/mol. The molecule has 6 atom stereocenters. The highest BCUT2D eigenvalue weighted by molar-refractivity contribution is 14.1. The first-order chi connectivity index (χ1) is 38.9. The summed E-state index contributed by atoms with van der Waals surface area (Å²) >= 11 is 1.96. The number of hydrogen-bond acceptors (Lipinski definition) is 15. The van der Waals surface area contributed by atoms with Gasteiger partial charge in [0.15, 0.2) is 5.96 Å². The molecule has 3 aromatic rings. The molecule has 5 aliphatic heterocycles. The fraction of sp³-hybridized carbons (Fsp3) is 0.571.